The summed E-state index contributed by atoms with van der Waals surface area (Å²) in [5.41, 5.74) is -0.236. The van der Waals surface area contributed by atoms with Gasteiger partial charge in [-0.25, -0.2) is 26.0 Å². The largest absolute Gasteiger partial charge is 0.423 e. The summed E-state index contributed by atoms with van der Waals surface area (Å²) in [6.07, 6.45) is 0. The Morgan fingerprint density at radius 2 is 1.58 bits per heavy atom. The number of benzene rings is 3. The Morgan fingerprint density at radius 1 is 0.818 bits per heavy atom. The van der Waals surface area contributed by atoms with Crippen LogP contribution in [-0.4, -0.2) is 16.8 Å². The number of sulfonamides is 2. The summed E-state index contributed by atoms with van der Waals surface area (Å²) in [7, 11) is -8.31. The number of halogens is 1. The van der Waals surface area contributed by atoms with E-state index in [1.807, 2.05) is 0 Å². The van der Waals surface area contributed by atoms with Gasteiger partial charge >= 0.3 is 5.63 Å². The minimum atomic E-state index is -4.21. The first kappa shape index (κ1) is 22.5. The van der Waals surface area contributed by atoms with Crippen molar-refractivity contribution in [2.75, 3.05) is 9.44 Å². The quantitative estimate of drug-likeness (QED) is 0.398. The zero-order chi connectivity index (χ0) is 23.8. The van der Waals surface area contributed by atoms with Crippen molar-refractivity contribution < 1.29 is 25.6 Å². The molecular weight excluding hydrogens is 471 g/mol. The minimum absolute atomic E-state index is 0.00537. The van der Waals surface area contributed by atoms with Crippen molar-refractivity contribution >= 4 is 42.4 Å². The van der Waals surface area contributed by atoms with Crippen LogP contribution < -0.4 is 15.1 Å². The van der Waals surface area contributed by atoms with Crippen LogP contribution in [-0.2, 0) is 20.0 Å². The van der Waals surface area contributed by atoms with Crippen LogP contribution in [0.2, 0.25) is 0 Å². The van der Waals surface area contributed by atoms with E-state index in [0.29, 0.717) is 10.9 Å². The van der Waals surface area contributed by atoms with E-state index < -0.39 is 31.5 Å². The first-order valence-electron chi connectivity index (χ1n) is 9.50. The normalized spacial score (nSPS) is 11.9. The molecule has 1 heterocycles. The highest BCUT2D eigenvalue weighted by Gasteiger charge is 2.21. The van der Waals surface area contributed by atoms with Gasteiger partial charge < -0.3 is 4.42 Å². The first-order chi connectivity index (χ1) is 15.5. The lowest BCUT2D eigenvalue weighted by Gasteiger charge is -2.14. The molecule has 0 aliphatic rings. The standard InChI is InChI=1S/C22H17FN2O6S2/c1-14-6-8-16(13-21(14)33(29,30)25-19-5-3-2-4-18(19)23)24-32(27,28)17-9-10-20-15(12-17)7-11-22(26)31-20/h2-13,24-25H,1H3. The Labute approximate surface area is 188 Å². The number of fused-ring (bicyclic) bond motifs is 1. The van der Waals surface area contributed by atoms with Crippen LogP contribution in [0.4, 0.5) is 15.8 Å². The maximum Gasteiger partial charge on any atom is 0.336 e. The van der Waals surface area contributed by atoms with E-state index in [4.69, 9.17) is 4.42 Å². The van der Waals surface area contributed by atoms with Crippen LogP contribution >= 0.6 is 0 Å². The van der Waals surface area contributed by atoms with Gasteiger partial charge in [-0.1, -0.05) is 18.2 Å². The molecule has 0 aliphatic heterocycles. The van der Waals surface area contributed by atoms with Crippen molar-refractivity contribution in [1.82, 2.24) is 0 Å². The third-order valence-electron chi connectivity index (χ3n) is 4.75. The molecule has 2 N–H and O–H groups in total. The number of rotatable bonds is 6. The van der Waals surface area contributed by atoms with Gasteiger partial charge in [-0.3, -0.25) is 9.44 Å². The summed E-state index contributed by atoms with van der Waals surface area (Å²) in [6.45, 7) is 1.53. The lowest BCUT2D eigenvalue weighted by atomic mass is 10.2. The van der Waals surface area contributed by atoms with E-state index in [0.717, 1.165) is 12.1 Å². The number of aryl methyl sites for hydroxylation is 1. The van der Waals surface area contributed by atoms with Crippen molar-refractivity contribution in [3.63, 3.8) is 0 Å². The summed E-state index contributed by atoms with van der Waals surface area (Å²) in [5.74, 6) is -0.747. The lowest BCUT2D eigenvalue weighted by Crippen LogP contribution is -2.17. The lowest BCUT2D eigenvalue weighted by molar-refractivity contribution is 0.560. The van der Waals surface area contributed by atoms with Crippen molar-refractivity contribution in [1.29, 1.82) is 0 Å². The topological polar surface area (TPSA) is 123 Å². The molecule has 0 aliphatic carbocycles. The highest BCUT2D eigenvalue weighted by molar-refractivity contribution is 7.93. The van der Waals surface area contributed by atoms with Crippen LogP contribution in [0.15, 0.2) is 91.8 Å². The van der Waals surface area contributed by atoms with Crippen LogP contribution in [0.3, 0.4) is 0 Å². The van der Waals surface area contributed by atoms with Gasteiger partial charge in [0.05, 0.1) is 21.2 Å². The second-order valence-electron chi connectivity index (χ2n) is 7.13. The minimum Gasteiger partial charge on any atom is -0.423 e. The monoisotopic (exact) mass is 488 g/mol. The fourth-order valence-electron chi connectivity index (χ4n) is 3.13. The predicted octanol–water partition coefficient (Wildman–Crippen LogP) is 3.84. The first-order valence-corrected chi connectivity index (χ1v) is 12.5. The third-order valence-corrected chi connectivity index (χ3v) is 7.64. The summed E-state index contributed by atoms with van der Waals surface area (Å²) in [6, 6.07) is 15.8. The third kappa shape index (κ3) is 4.73. The van der Waals surface area contributed by atoms with Crippen molar-refractivity contribution in [3.8, 4) is 0 Å². The highest BCUT2D eigenvalue weighted by atomic mass is 32.2. The Morgan fingerprint density at radius 3 is 2.33 bits per heavy atom. The SMILES string of the molecule is Cc1ccc(NS(=O)(=O)c2ccc3oc(=O)ccc3c2)cc1S(=O)(=O)Nc1ccccc1F. The molecule has 0 fully saturated rings. The molecule has 0 spiro atoms. The Balaban J connectivity index is 1.67. The average Bonchev–Trinajstić information content (AvgIpc) is 2.76. The molecule has 170 valence electrons. The van der Waals surface area contributed by atoms with Gasteiger partial charge in [-0.2, -0.15) is 0 Å². The van der Waals surface area contributed by atoms with Crippen LogP contribution in [0, 0.1) is 12.7 Å². The summed E-state index contributed by atoms with van der Waals surface area (Å²) < 4.78 is 74.9. The average molecular weight is 489 g/mol. The molecule has 1 aromatic heterocycles. The van der Waals surface area contributed by atoms with Crippen molar-refractivity contribution in [3.05, 3.63) is 94.6 Å². The molecule has 0 bridgehead atoms. The predicted molar refractivity (Wildman–Crippen MR) is 122 cm³/mol. The summed E-state index contributed by atoms with van der Waals surface area (Å²) in [5, 5.41) is 0.402. The van der Waals surface area contributed by atoms with Gasteiger partial charge in [-0.15, -0.1) is 0 Å². The molecule has 0 saturated carbocycles. The molecule has 4 aromatic rings. The molecule has 0 radical (unpaired) electrons. The highest BCUT2D eigenvalue weighted by Crippen LogP contribution is 2.26. The fourth-order valence-corrected chi connectivity index (χ4v) is 5.55. The van der Waals surface area contributed by atoms with E-state index >= 15 is 0 Å². The van der Waals surface area contributed by atoms with Crippen LogP contribution in [0.1, 0.15) is 5.56 Å². The van der Waals surface area contributed by atoms with Crippen molar-refractivity contribution in [2.24, 2.45) is 0 Å². The zero-order valence-electron chi connectivity index (χ0n) is 17.1. The van der Waals surface area contributed by atoms with Gasteiger partial charge in [0.15, 0.2) is 0 Å². The van der Waals surface area contributed by atoms with Gasteiger partial charge in [-0.05, 0) is 61.0 Å². The second-order valence-corrected chi connectivity index (χ2v) is 10.5. The summed E-state index contributed by atoms with van der Waals surface area (Å²) in [4.78, 5) is 11.0. The number of hydrogen-bond acceptors (Lipinski definition) is 6. The van der Waals surface area contributed by atoms with E-state index in [2.05, 4.69) is 9.44 Å². The maximum atomic E-state index is 13.9. The molecule has 33 heavy (non-hydrogen) atoms. The van der Waals surface area contributed by atoms with E-state index in [9.17, 15) is 26.0 Å². The smallest absolute Gasteiger partial charge is 0.336 e. The molecule has 0 unspecified atom stereocenters. The second kappa shape index (κ2) is 8.34. The Hall–Kier alpha value is -3.70. The van der Waals surface area contributed by atoms with Crippen LogP contribution in [0.5, 0.6) is 0 Å². The Kier molecular flexibility index (Phi) is 5.68. The molecule has 4 rings (SSSR count). The van der Waals surface area contributed by atoms with Crippen LogP contribution in [0.25, 0.3) is 11.0 Å². The van der Waals surface area contributed by atoms with Gasteiger partial charge in [0, 0.05) is 11.5 Å². The molecule has 0 amide bonds. The van der Waals surface area contributed by atoms with Gasteiger partial charge in [0.2, 0.25) is 0 Å². The molecule has 0 atom stereocenters. The number of para-hydroxylation sites is 1. The van der Waals surface area contributed by atoms with Gasteiger partial charge in [0.1, 0.15) is 11.4 Å². The molecule has 0 saturated heterocycles. The van der Waals surface area contributed by atoms with Gasteiger partial charge in [0.25, 0.3) is 20.0 Å². The summed E-state index contributed by atoms with van der Waals surface area (Å²) >= 11 is 0. The number of hydrogen-bond donors (Lipinski definition) is 2. The van der Waals surface area contributed by atoms with E-state index in [1.165, 1.54) is 67.6 Å². The van der Waals surface area contributed by atoms with E-state index in [1.54, 1.807) is 0 Å². The number of anilines is 2. The maximum absolute atomic E-state index is 13.9. The molecular formula is C22H17FN2O6S2. The van der Waals surface area contributed by atoms with E-state index in [-0.39, 0.29) is 26.7 Å². The zero-order valence-corrected chi connectivity index (χ0v) is 18.7. The Bertz CT molecular complexity index is 1650. The number of nitrogens with one attached hydrogen (secondary N) is 2. The molecule has 8 nitrogen and oxygen atoms in total. The fraction of sp³-hybridized carbons (Fsp3) is 0.0455. The molecule has 11 heteroatoms. The molecule has 3 aromatic carbocycles. The van der Waals surface area contributed by atoms with Crippen molar-refractivity contribution in [2.45, 2.75) is 16.7 Å².